The maximum Gasteiger partial charge on any atom is 0.416 e. The number of nitrogens with one attached hydrogen (secondary N) is 3. The molecule has 0 saturated heterocycles. The lowest BCUT2D eigenvalue weighted by molar-refractivity contribution is -0.137. The normalized spacial score (nSPS) is 11.5. The summed E-state index contributed by atoms with van der Waals surface area (Å²) >= 11 is 0. The van der Waals surface area contributed by atoms with Crippen molar-refractivity contribution < 1.29 is 46.2 Å². The Labute approximate surface area is 241 Å². The molecule has 10 nitrogen and oxygen atoms in total. The first-order chi connectivity index (χ1) is 20.2. The van der Waals surface area contributed by atoms with E-state index in [0.29, 0.717) is 25.0 Å². The number of benzene rings is 3. The van der Waals surface area contributed by atoms with E-state index in [2.05, 4.69) is 20.9 Å². The lowest BCUT2D eigenvalue weighted by Gasteiger charge is -2.16. The number of rotatable bonds is 10. The van der Waals surface area contributed by atoms with Crippen LogP contribution in [0.4, 0.5) is 32.4 Å². The molecule has 3 amide bonds. The van der Waals surface area contributed by atoms with Crippen LogP contribution in [0.3, 0.4) is 0 Å². The Hall–Kier alpha value is -5.21. The summed E-state index contributed by atoms with van der Waals surface area (Å²) in [6, 6.07) is 8.52. The summed E-state index contributed by atoms with van der Waals surface area (Å²) < 4.78 is 73.7. The number of guanidine groups is 1. The van der Waals surface area contributed by atoms with Crippen LogP contribution in [0.1, 0.15) is 44.7 Å². The predicted octanol–water partition coefficient (Wildman–Crippen LogP) is 5.43. The van der Waals surface area contributed by atoms with Gasteiger partial charge in [0.1, 0.15) is 23.1 Å². The molecule has 43 heavy (non-hydrogen) atoms. The van der Waals surface area contributed by atoms with Crippen LogP contribution in [0.15, 0.2) is 59.6 Å². The van der Waals surface area contributed by atoms with Crippen LogP contribution in [0.2, 0.25) is 0 Å². The van der Waals surface area contributed by atoms with Gasteiger partial charge in [0.2, 0.25) is 0 Å². The van der Waals surface area contributed by atoms with E-state index >= 15 is 0 Å². The van der Waals surface area contributed by atoms with Gasteiger partial charge < -0.3 is 26.2 Å². The second-order valence-electron chi connectivity index (χ2n) is 9.03. The van der Waals surface area contributed by atoms with Crippen LogP contribution in [0.5, 0.6) is 11.5 Å². The molecule has 0 aromatic heterocycles. The van der Waals surface area contributed by atoms with E-state index in [1.54, 1.807) is 0 Å². The minimum atomic E-state index is -4.76. The number of aliphatic imine (C=N–C) groups is 1. The van der Waals surface area contributed by atoms with Crippen LogP contribution >= 0.6 is 0 Å². The summed E-state index contributed by atoms with van der Waals surface area (Å²) in [5.74, 6) is -4.30. The number of nitrogens with zero attached hydrogens (tertiary/aromatic N) is 1. The zero-order chi connectivity index (χ0) is 31.7. The van der Waals surface area contributed by atoms with Gasteiger partial charge in [-0.15, -0.1) is 0 Å². The van der Waals surface area contributed by atoms with Crippen molar-refractivity contribution >= 4 is 29.6 Å². The Morgan fingerprint density at radius 1 is 0.930 bits per heavy atom. The second kappa shape index (κ2) is 14.1. The van der Waals surface area contributed by atoms with Crippen molar-refractivity contribution in [2.75, 3.05) is 18.4 Å². The quantitative estimate of drug-likeness (QED) is 0.0896. The third-order valence-electron chi connectivity index (χ3n) is 5.76. The minimum absolute atomic E-state index is 0.00620. The van der Waals surface area contributed by atoms with Gasteiger partial charge in [-0.3, -0.25) is 19.9 Å². The molecule has 0 fully saturated rings. The van der Waals surface area contributed by atoms with E-state index in [4.69, 9.17) is 15.6 Å². The number of alkyl halides is 3. The number of halogens is 5. The summed E-state index contributed by atoms with van der Waals surface area (Å²) in [5, 5.41) is 15.3. The molecule has 0 heterocycles. The van der Waals surface area contributed by atoms with Gasteiger partial charge in [0, 0.05) is 18.8 Å². The first-order valence-electron chi connectivity index (χ1n) is 12.6. The van der Waals surface area contributed by atoms with E-state index in [0.717, 1.165) is 36.4 Å². The fourth-order valence-electron chi connectivity index (χ4n) is 3.65. The fraction of sp³-hybridized carbons (Fsp3) is 0.214. The van der Waals surface area contributed by atoms with Gasteiger partial charge >= 0.3 is 12.3 Å². The number of hydrogen-bond donors (Lipinski definition) is 5. The molecule has 0 radical (unpaired) electrons. The number of carbonyl (C=O) groups is 3. The van der Waals surface area contributed by atoms with Gasteiger partial charge in [-0.2, -0.15) is 13.2 Å². The molecule has 6 N–H and O–H groups in total. The molecule has 0 aliphatic rings. The molecule has 0 bridgehead atoms. The number of unbranched alkanes of at least 4 members (excludes halogenated alkanes) is 1. The highest BCUT2D eigenvalue weighted by atomic mass is 19.4. The molecule has 0 aliphatic carbocycles. The van der Waals surface area contributed by atoms with Crippen LogP contribution < -0.4 is 26.4 Å². The smallest absolute Gasteiger partial charge is 0.416 e. The summed E-state index contributed by atoms with van der Waals surface area (Å²) in [6.07, 6.45) is -5.01. The summed E-state index contributed by atoms with van der Waals surface area (Å²) in [5.41, 5.74) is 3.89. The molecule has 3 aromatic rings. The zero-order valence-corrected chi connectivity index (χ0v) is 22.5. The minimum Gasteiger partial charge on any atom is -0.465 e. The van der Waals surface area contributed by atoms with Gasteiger partial charge in [0.05, 0.1) is 16.7 Å². The highest BCUT2D eigenvalue weighted by Crippen LogP contribution is 2.36. The summed E-state index contributed by atoms with van der Waals surface area (Å²) in [4.78, 5) is 40.0. The van der Waals surface area contributed by atoms with Crippen molar-refractivity contribution in [1.29, 1.82) is 0 Å². The monoisotopic (exact) mass is 607 g/mol. The second-order valence-corrected chi connectivity index (χ2v) is 9.03. The van der Waals surface area contributed by atoms with Gasteiger partial charge in [0.25, 0.3) is 11.8 Å². The predicted molar refractivity (Wildman–Crippen MR) is 146 cm³/mol. The number of amides is 3. The number of carboxylic acid groups (broad SMARTS) is 1. The molecular formula is C28H26F5N5O5. The van der Waals surface area contributed by atoms with Crippen LogP contribution in [-0.2, 0) is 6.18 Å². The molecular weight excluding hydrogens is 581 g/mol. The number of ether oxygens (including phenoxy) is 1. The Balaban J connectivity index is 1.77. The molecule has 228 valence electrons. The van der Waals surface area contributed by atoms with Gasteiger partial charge in [-0.1, -0.05) is 0 Å². The Morgan fingerprint density at radius 3 is 2.35 bits per heavy atom. The van der Waals surface area contributed by atoms with Gasteiger partial charge in [0.15, 0.2) is 5.96 Å². The Bertz CT molecular complexity index is 1540. The topological polar surface area (TPSA) is 155 Å². The number of hydrogen-bond acceptors (Lipinski definition) is 5. The standard InChI is InChI=1S/C28H26F5N5O5/c1-15-12-17(29)5-9-22(15)43-23-13-16(28(31,32)33)4-7-19(23)24(39)37-18-6-8-21(30)20(14-18)25(40)38-26(34)35-10-2-3-11-36-27(41)42/h4-9,12-14,36H,2-3,10-11H2,1H3,(H,37,39)(H,41,42)(H3,34,35,38,40). The summed E-state index contributed by atoms with van der Waals surface area (Å²) in [6.45, 7) is 1.82. The fourth-order valence-corrected chi connectivity index (χ4v) is 3.65. The maximum atomic E-state index is 14.5. The average Bonchev–Trinajstić information content (AvgIpc) is 2.92. The average molecular weight is 608 g/mol. The van der Waals surface area contributed by atoms with Crippen LogP contribution in [0, 0.1) is 18.6 Å². The van der Waals surface area contributed by atoms with Gasteiger partial charge in [-0.25, -0.2) is 13.6 Å². The Kier molecular flexibility index (Phi) is 10.6. The number of nitrogens with two attached hydrogens (primary N) is 1. The van der Waals surface area contributed by atoms with E-state index in [9.17, 15) is 36.3 Å². The van der Waals surface area contributed by atoms with E-state index in [-0.39, 0.29) is 41.6 Å². The van der Waals surface area contributed by atoms with Crippen molar-refractivity contribution in [1.82, 2.24) is 10.6 Å². The number of carbonyl (C=O) groups excluding carboxylic acids is 2. The number of anilines is 1. The highest BCUT2D eigenvalue weighted by molar-refractivity contribution is 6.08. The van der Waals surface area contributed by atoms with E-state index in [1.165, 1.54) is 13.0 Å². The Morgan fingerprint density at radius 2 is 1.67 bits per heavy atom. The largest absolute Gasteiger partial charge is 0.465 e. The third-order valence-corrected chi connectivity index (χ3v) is 5.76. The lowest BCUT2D eigenvalue weighted by atomic mass is 10.1. The summed E-state index contributed by atoms with van der Waals surface area (Å²) in [7, 11) is 0. The van der Waals surface area contributed by atoms with Crippen LogP contribution in [0.25, 0.3) is 0 Å². The number of aryl methyl sites for hydroxylation is 1. The molecule has 3 aromatic carbocycles. The third kappa shape index (κ3) is 9.41. The van der Waals surface area contributed by atoms with E-state index < -0.39 is 52.6 Å². The molecule has 0 aliphatic heterocycles. The molecule has 0 unspecified atom stereocenters. The first-order valence-corrected chi connectivity index (χ1v) is 12.6. The van der Waals surface area contributed by atoms with E-state index in [1.807, 2.05) is 0 Å². The highest BCUT2D eigenvalue weighted by Gasteiger charge is 2.32. The molecule has 0 saturated carbocycles. The van der Waals surface area contributed by atoms with Gasteiger partial charge in [-0.05, 0) is 79.9 Å². The lowest BCUT2D eigenvalue weighted by Crippen LogP contribution is -2.37. The van der Waals surface area contributed by atoms with Crippen molar-refractivity contribution in [3.05, 3.63) is 88.5 Å². The van der Waals surface area contributed by atoms with Crippen LogP contribution in [-0.4, -0.2) is 42.1 Å². The molecule has 15 heteroatoms. The first kappa shape index (κ1) is 32.3. The zero-order valence-electron chi connectivity index (χ0n) is 22.5. The van der Waals surface area contributed by atoms with Crippen molar-refractivity contribution in [3.63, 3.8) is 0 Å². The van der Waals surface area contributed by atoms with Crippen molar-refractivity contribution in [3.8, 4) is 11.5 Å². The maximum absolute atomic E-state index is 14.5. The molecule has 0 atom stereocenters. The molecule has 3 rings (SSSR count). The SMILES string of the molecule is Cc1cc(F)ccc1Oc1cc(C(F)(F)F)ccc1C(=O)Nc1ccc(F)c(C(=O)NC(N)=NCCCCNC(=O)O)c1. The molecule has 0 spiro atoms. The van der Waals surface area contributed by atoms with Crippen molar-refractivity contribution in [2.24, 2.45) is 10.7 Å². The van der Waals surface area contributed by atoms with Crippen molar-refractivity contribution in [2.45, 2.75) is 25.9 Å².